The minimum atomic E-state index is -3.90. The molecule has 0 spiro atoms. The Labute approximate surface area is 185 Å². The van der Waals surface area contributed by atoms with Crippen LogP contribution in [0.25, 0.3) is 0 Å². The van der Waals surface area contributed by atoms with Gasteiger partial charge in [0.05, 0.1) is 7.11 Å². The largest absolute Gasteiger partial charge is 0.495 e. The van der Waals surface area contributed by atoms with Gasteiger partial charge in [0.1, 0.15) is 39.7 Å². The maximum absolute atomic E-state index is 13.7. The summed E-state index contributed by atoms with van der Waals surface area (Å²) in [6, 6.07) is 10.8. The van der Waals surface area contributed by atoms with Gasteiger partial charge >= 0.3 is 0 Å². The first kappa shape index (κ1) is 21.9. The Kier molecular flexibility index (Phi) is 6.19. The number of sulfonamides is 1. The molecule has 1 aliphatic rings. The van der Waals surface area contributed by atoms with Gasteiger partial charge in [-0.05, 0) is 37.3 Å². The van der Waals surface area contributed by atoms with E-state index in [1.807, 2.05) is 23.1 Å². The number of aryl methyl sites for hydroxylation is 1. The zero-order chi connectivity index (χ0) is 22.7. The number of halogens is 1. The third kappa shape index (κ3) is 4.63. The summed E-state index contributed by atoms with van der Waals surface area (Å²) in [4.78, 5) is 15.0. The third-order valence-electron chi connectivity index (χ3n) is 5.05. The molecule has 32 heavy (non-hydrogen) atoms. The second kappa shape index (κ2) is 9.05. The Morgan fingerprint density at radius 2 is 1.81 bits per heavy atom. The monoisotopic (exact) mass is 458 g/mol. The molecule has 0 unspecified atom stereocenters. The molecule has 168 valence electrons. The summed E-state index contributed by atoms with van der Waals surface area (Å²) in [6.45, 7) is 3.11. The van der Waals surface area contributed by atoms with Crippen LogP contribution in [0.15, 0.2) is 53.6 Å². The number of hydrogen-bond acceptors (Lipinski definition) is 8. The molecule has 0 saturated carbocycles. The fraction of sp³-hybridized carbons (Fsp3) is 0.286. The first-order chi connectivity index (χ1) is 15.4. The van der Waals surface area contributed by atoms with E-state index >= 15 is 0 Å². The standard InChI is InChI=1S/C21H23FN6O3S/c1-15-24-20(26-19-5-3-4-8-23-19)14-21(25-15)27-9-11-28(12-10-27)32(29,30)18-13-16(22)6-7-17(18)31-2/h3-8,13-14H,9-12H2,1-2H3,(H,23,24,25,26). The van der Waals surface area contributed by atoms with Crippen molar-refractivity contribution in [3.63, 3.8) is 0 Å². The van der Waals surface area contributed by atoms with Gasteiger partial charge in [-0.3, -0.25) is 0 Å². The molecule has 1 N–H and O–H groups in total. The number of aromatic nitrogens is 3. The molecule has 11 heteroatoms. The number of benzene rings is 1. The second-order valence-electron chi connectivity index (χ2n) is 7.18. The summed E-state index contributed by atoms with van der Waals surface area (Å²) in [5.41, 5.74) is 0. The van der Waals surface area contributed by atoms with Crippen LogP contribution in [-0.4, -0.2) is 61.0 Å². The van der Waals surface area contributed by atoms with Crippen LogP contribution in [0.2, 0.25) is 0 Å². The normalized spacial score (nSPS) is 14.9. The Balaban J connectivity index is 1.50. The molecule has 1 aliphatic heterocycles. The molecule has 0 amide bonds. The maximum atomic E-state index is 13.7. The molecule has 0 bridgehead atoms. The zero-order valence-corrected chi connectivity index (χ0v) is 18.5. The second-order valence-corrected chi connectivity index (χ2v) is 9.09. The van der Waals surface area contributed by atoms with E-state index in [4.69, 9.17) is 4.74 Å². The van der Waals surface area contributed by atoms with E-state index in [1.165, 1.54) is 23.5 Å². The molecular weight excluding hydrogens is 435 g/mol. The molecule has 3 heterocycles. The van der Waals surface area contributed by atoms with E-state index in [-0.39, 0.29) is 23.7 Å². The number of piperazine rings is 1. The van der Waals surface area contributed by atoms with Crippen LogP contribution in [0.4, 0.5) is 21.8 Å². The molecule has 2 aromatic heterocycles. The maximum Gasteiger partial charge on any atom is 0.246 e. The van der Waals surface area contributed by atoms with Crippen molar-refractivity contribution >= 4 is 27.5 Å². The Bertz CT molecular complexity index is 1200. The third-order valence-corrected chi connectivity index (χ3v) is 6.97. The SMILES string of the molecule is COc1ccc(F)cc1S(=O)(=O)N1CCN(c2cc(Nc3ccccn3)nc(C)n2)CC1. The molecule has 1 aromatic carbocycles. The van der Waals surface area contributed by atoms with Gasteiger partial charge in [0, 0.05) is 38.4 Å². The van der Waals surface area contributed by atoms with Crippen LogP contribution >= 0.6 is 0 Å². The molecule has 9 nitrogen and oxygen atoms in total. The number of methoxy groups -OCH3 is 1. The number of rotatable bonds is 6. The smallest absolute Gasteiger partial charge is 0.246 e. The zero-order valence-electron chi connectivity index (χ0n) is 17.7. The van der Waals surface area contributed by atoms with E-state index in [0.29, 0.717) is 36.4 Å². The van der Waals surface area contributed by atoms with Crippen molar-refractivity contribution in [1.82, 2.24) is 19.3 Å². The lowest BCUT2D eigenvalue weighted by atomic mass is 10.3. The van der Waals surface area contributed by atoms with E-state index < -0.39 is 15.8 Å². The summed E-state index contributed by atoms with van der Waals surface area (Å²) in [7, 11) is -2.54. The average molecular weight is 459 g/mol. The molecular formula is C21H23FN6O3S. The highest BCUT2D eigenvalue weighted by molar-refractivity contribution is 7.89. The molecule has 1 fully saturated rings. The minimum absolute atomic E-state index is 0.116. The van der Waals surface area contributed by atoms with Gasteiger partial charge in [-0.25, -0.2) is 27.8 Å². The first-order valence-corrected chi connectivity index (χ1v) is 11.4. The van der Waals surface area contributed by atoms with Crippen LogP contribution in [0, 0.1) is 12.7 Å². The van der Waals surface area contributed by atoms with Crippen LogP contribution in [0.3, 0.4) is 0 Å². The van der Waals surface area contributed by atoms with Crippen LogP contribution in [0.1, 0.15) is 5.82 Å². The number of pyridine rings is 1. The number of nitrogens with one attached hydrogen (secondary N) is 1. The highest BCUT2D eigenvalue weighted by Crippen LogP contribution is 2.29. The van der Waals surface area contributed by atoms with Crippen LogP contribution < -0.4 is 15.0 Å². The van der Waals surface area contributed by atoms with Crippen LogP contribution in [0.5, 0.6) is 5.75 Å². The van der Waals surface area contributed by atoms with E-state index in [1.54, 1.807) is 19.2 Å². The number of nitrogens with zero attached hydrogens (tertiary/aromatic N) is 5. The van der Waals surface area contributed by atoms with Crippen molar-refractivity contribution < 1.29 is 17.5 Å². The lowest BCUT2D eigenvalue weighted by molar-refractivity contribution is 0.372. The van der Waals surface area contributed by atoms with Gasteiger partial charge in [0.15, 0.2) is 0 Å². The Morgan fingerprint density at radius 3 is 2.50 bits per heavy atom. The van der Waals surface area contributed by atoms with Crippen molar-refractivity contribution in [3.8, 4) is 5.75 Å². The first-order valence-electron chi connectivity index (χ1n) is 9.99. The van der Waals surface area contributed by atoms with Crippen LogP contribution in [-0.2, 0) is 10.0 Å². The molecule has 0 radical (unpaired) electrons. The van der Waals surface area contributed by atoms with Crippen molar-refractivity contribution in [2.75, 3.05) is 43.5 Å². The number of hydrogen-bond donors (Lipinski definition) is 1. The lowest BCUT2D eigenvalue weighted by Crippen LogP contribution is -2.49. The van der Waals surface area contributed by atoms with Gasteiger partial charge in [-0.2, -0.15) is 4.31 Å². The summed E-state index contributed by atoms with van der Waals surface area (Å²) in [5, 5.41) is 3.15. The Morgan fingerprint density at radius 1 is 1.03 bits per heavy atom. The van der Waals surface area contributed by atoms with Gasteiger partial charge in [-0.15, -0.1) is 0 Å². The van der Waals surface area contributed by atoms with Crippen molar-refractivity contribution in [3.05, 3.63) is 60.3 Å². The number of anilines is 3. The van der Waals surface area contributed by atoms with E-state index in [9.17, 15) is 12.8 Å². The summed E-state index contributed by atoms with van der Waals surface area (Å²) >= 11 is 0. The minimum Gasteiger partial charge on any atom is -0.495 e. The predicted octanol–water partition coefficient (Wildman–Crippen LogP) is 2.58. The van der Waals surface area contributed by atoms with Gasteiger partial charge in [-0.1, -0.05) is 6.07 Å². The molecule has 0 atom stereocenters. The van der Waals surface area contributed by atoms with Gasteiger partial charge in [0.25, 0.3) is 0 Å². The number of ether oxygens (including phenoxy) is 1. The summed E-state index contributed by atoms with van der Waals surface area (Å²) < 4.78 is 46.4. The highest BCUT2D eigenvalue weighted by atomic mass is 32.2. The fourth-order valence-corrected chi connectivity index (χ4v) is 5.08. The Hall–Kier alpha value is -3.31. The molecule has 0 aliphatic carbocycles. The summed E-state index contributed by atoms with van der Waals surface area (Å²) in [6.07, 6.45) is 1.69. The van der Waals surface area contributed by atoms with E-state index in [0.717, 1.165) is 6.07 Å². The lowest BCUT2D eigenvalue weighted by Gasteiger charge is -2.35. The topological polar surface area (TPSA) is 101 Å². The van der Waals surface area contributed by atoms with Gasteiger partial charge < -0.3 is 15.0 Å². The van der Waals surface area contributed by atoms with Crippen molar-refractivity contribution in [1.29, 1.82) is 0 Å². The molecule has 4 rings (SSSR count). The molecule has 3 aromatic rings. The quantitative estimate of drug-likeness (QED) is 0.602. The van der Waals surface area contributed by atoms with E-state index in [2.05, 4.69) is 20.3 Å². The molecule has 1 saturated heterocycles. The predicted molar refractivity (Wildman–Crippen MR) is 118 cm³/mol. The average Bonchev–Trinajstić information content (AvgIpc) is 2.79. The van der Waals surface area contributed by atoms with Crippen molar-refractivity contribution in [2.24, 2.45) is 0 Å². The fourth-order valence-electron chi connectivity index (χ4n) is 3.49. The van der Waals surface area contributed by atoms with Gasteiger partial charge in [0.2, 0.25) is 10.0 Å². The van der Waals surface area contributed by atoms with Crippen molar-refractivity contribution in [2.45, 2.75) is 11.8 Å². The summed E-state index contributed by atoms with van der Waals surface area (Å²) in [5.74, 6) is 2.02. The highest BCUT2D eigenvalue weighted by Gasteiger charge is 2.31.